The number of benzene rings is 1. The van der Waals surface area contributed by atoms with Gasteiger partial charge in [-0.3, -0.25) is 0 Å². The number of halogens is 1. The summed E-state index contributed by atoms with van der Waals surface area (Å²) in [5.74, 6) is 1.31. The highest BCUT2D eigenvalue weighted by Crippen LogP contribution is 2.22. The Bertz CT molecular complexity index is 575. The van der Waals surface area contributed by atoms with Crippen LogP contribution in [0, 0.1) is 5.92 Å². The maximum absolute atomic E-state index is 10.8. The SMILES string of the molecule is CC(C)CNCc1ccc(-c2ccc(C(=O)O)cc2)o1.Cl. The summed E-state index contributed by atoms with van der Waals surface area (Å²) < 4.78 is 5.74. The van der Waals surface area contributed by atoms with Crippen molar-refractivity contribution in [2.24, 2.45) is 5.92 Å². The van der Waals surface area contributed by atoms with E-state index in [1.165, 1.54) is 0 Å². The minimum Gasteiger partial charge on any atom is -0.478 e. The summed E-state index contributed by atoms with van der Waals surface area (Å²) in [6.07, 6.45) is 0. The largest absolute Gasteiger partial charge is 0.478 e. The molecule has 0 amide bonds. The van der Waals surface area contributed by atoms with Crippen molar-refractivity contribution in [2.45, 2.75) is 20.4 Å². The van der Waals surface area contributed by atoms with Crippen LogP contribution in [0.4, 0.5) is 0 Å². The fourth-order valence-corrected chi connectivity index (χ4v) is 1.89. The predicted molar refractivity (Wildman–Crippen MR) is 84.9 cm³/mol. The number of carboxylic acids is 1. The van der Waals surface area contributed by atoms with Gasteiger partial charge < -0.3 is 14.8 Å². The Kier molecular flexibility index (Phi) is 6.46. The van der Waals surface area contributed by atoms with Crippen LogP contribution in [0.5, 0.6) is 0 Å². The molecule has 0 aliphatic rings. The summed E-state index contributed by atoms with van der Waals surface area (Å²) >= 11 is 0. The van der Waals surface area contributed by atoms with Crippen molar-refractivity contribution in [1.82, 2.24) is 5.32 Å². The Labute approximate surface area is 130 Å². The summed E-state index contributed by atoms with van der Waals surface area (Å²) in [5.41, 5.74) is 1.16. The lowest BCUT2D eigenvalue weighted by atomic mass is 10.1. The fraction of sp³-hybridized carbons (Fsp3) is 0.312. The predicted octanol–water partition coefficient (Wildman–Crippen LogP) is 3.81. The third kappa shape index (κ3) is 4.92. The smallest absolute Gasteiger partial charge is 0.335 e. The molecule has 114 valence electrons. The van der Waals surface area contributed by atoms with E-state index in [2.05, 4.69) is 19.2 Å². The molecule has 5 heteroatoms. The fourth-order valence-electron chi connectivity index (χ4n) is 1.89. The van der Waals surface area contributed by atoms with Crippen LogP contribution in [0.25, 0.3) is 11.3 Å². The zero-order chi connectivity index (χ0) is 14.5. The molecule has 2 aromatic rings. The van der Waals surface area contributed by atoms with Crippen LogP contribution in [0.3, 0.4) is 0 Å². The minimum atomic E-state index is -0.922. The quantitative estimate of drug-likeness (QED) is 0.851. The van der Waals surface area contributed by atoms with Gasteiger partial charge in [0.2, 0.25) is 0 Å². The molecule has 0 unspecified atom stereocenters. The highest BCUT2D eigenvalue weighted by atomic mass is 35.5. The molecule has 2 N–H and O–H groups in total. The molecule has 1 heterocycles. The van der Waals surface area contributed by atoms with Crippen LogP contribution in [0.15, 0.2) is 40.8 Å². The average molecular weight is 310 g/mol. The summed E-state index contributed by atoms with van der Waals surface area (Å²) in [5, 5.41) is 12.2. The van der Waals surface area contributed by atoms with E-state index in [4.69, 9.17) is 9.52 Å². The molecule has 4 nitrogen and oxygen atoms in total. The van der Waals surface area contributed by atoms with Gasteiger partial charge in [-0.25, -0.2) is 4.79 Å². The van der Waals surface area contributed by atoms with E-state index >= 15 is 0 Å². The van der Waals surface area contributed by atoms with Crippen molar-refractivity contribution in [3.05, 3.63) is 47.7 Å². The van der Waals surface area contributed by atoms with Gasteiger partial charge in [0.25, 0.3) is 0 Å². The van der Waals surface area contributed by atoms with Gasteiger partial charge in [0, 0.05) is 5.56 Å². The molecule has 0 aliphatic carbocycles. The standard InChI is InChI=1S/C16H19NO3.ClH/c1-11(2)9-17-10-14-7-8-15(20-14)12-3-5-13(6-4-12)16(18)19;/h3-8,11,17H,9-10H2,1-2H3,(H,18,19);1H. The Morgan fingerprint density at radius 3 is 2.43 bits per heavy atom. The van der Waals surface area contributed by atoms with E-state index in [0.717, 1.165) is 23.6 Å². The number of carbonyl (C=O) groups is 1. The third-order valence-electron chi connectivity index (χ3n) is 2.93. The molecule has 21 heavy (non-hydrogen) atoms. The van der Waals surface area contributed by atoms with Gasteiger partial charge in [0.1, 0.15) is 11.5 Å². The van der Waals surface area contributed by atoms with Crippen molar-refractivity contribution in [2.75, 3.05) is 6.54 Å². The van der Waals surface area contributed by atoms with Gasteiger partial charge in [-0.05, 0) is 36.7 Å². The number of rotatable bonds is 6. The molecule has 0 saturated heterocycles. The van der Waals surface area contributed by atoms with E-state index in [1.54, 1.807) is 24.3 Å². The van der Waals surface area contributed by atoms with Crippen LogP contribution >= 0.6 is 12.4 Å². The number of nitrogens with one attached hydrogen (secondary N) is 1. The van der Waals surface area contributed by atoms with Crippen LogP contribution in [0.2, 0.25) is 0 Å². The molecule has 0 fully saturated rings. The summed E-state index contributed by atoms with van der Waals surface area (Å²) in [4.78, 5) is 10.8. The van der Waals surface area contributed by atoms with Crippen LogP contribution in [-0.2, 0) is 6.54 Å². The van der Waals surface area contributed by atoms with Crippen molar-refractivity contribution in [3.63, 3.8) is 0 Å². The molecule has 0 saturated carbocycles. The second kappa shape index (κ2) is 7.86. The average Bonchev–Trinajstić information content (AvgIpc) is 2.87. The second-order valence-corrected chi connectivity index (χ2v) is 5.17. The first-order valence-corrected chi connectivity index (χ1v) is 6.69. The minimum absolute atomic E-state index is 0. The maximum atomic E-state index is 10.8. The third-order valence-corrected chi connectivity index (χ3v) is 2.93. The van der Waals surface area contributed by atoms with Crippen LogP contribution < -0.4 is 5.32 Å². The number of hydrogen-bond donors (Lipinski definition) is 2. The summed E-state index contributed by atoms with van der Waals surface area (Å²) in [6.45, 7) is 5.96. The number of aromatic carboxylic acids is 1. The zero-order valence-electron chi connectivity index (χ0n) is 12.1. The van der Waals surface area contributed by atoms with E-state index < -0.39 is 5.97 Å². The topological polar surface area (TPSA) is 62.5 Å². The molecule has 0 radical (unpaired) electrons. The maximum Gasteiger partial charge on any atom is 0.335 e. The van der Waals surface area contributed by atoms with E-state index in [1.807, 2.05) is 12.1 Å². The monoisotopic (exact) mass is 309 g/mol. The Morgan fingerprint density at radius 1 is 1.19 bits per heavy atom. The lowest BCUT2D eigenvalue weighted by Crippen LogP contribution is -2.18. The number of furan rings is 1. The van der Waals surface area contributed by atoms with Gasteiger partial charge in [-0.15, -0.1) is 12.4 Å². The zero-order valence-corrected chi connectivity index (χ0v) is 12.9. The first-order valence-electron chi connectivity index (χ1n) is 6.69. The summed E-state index contributed by atoms with van der Waals surface area (Å²) in [7, 11) is 0. The molecule has 1 aromatic carbocycles. The van der Waals surface area contributed by atoms with E-state index in [0.29, 0.717) is 12.5 Å². The molecule has 0 atom stereocenters. The van der Waals surface area contributed by atoms with Gasteiger partial charge in [0.15, 0.2) is 0 Å². The molecular weight excluding hydrogens is 290 g/mol. The lowest BCUT2D eigenvalue weighted by molar-refractivity contribution is 0.0697. The Morgan fingerprint density at radius 2 is 1.86 bits per heavy atom. The lowest BCUT2D eigenvalue weighted by Gasteiger charge is -2.05. The molecular formula is C16H20ClNO3. The first kappa shape index (κ1) is 17.3. The summed E-state index contributed by atoms with van der Waals surface area (Å²) in [6, 6.07) is 10.5. The van der Waals surface area contributed by atoms with Gasteiger partial charge in [-0.2, -0.15) is 0 Å². The van der Waals surface area contributed by atoms with E-state index in [9.17, 15) is 4.79 Å². The molecule has 0 spiro atoms. The van der Waals surface area contributed by atoms with Crippen molar-refractivity contribution < 1.29 is 14.3 Å². The molecule has 1 aromatic heterocycles. The molecule has 2 rings (SSSR count). The van der Waals surface area contributed by atoms with Crippen molar-refractivity contribution >= 4 is 18.4 Å². The van der Waals surface area contributed by atoms with Crippen molar-refractivity contribution in [3.8, 4) is 11.3 Å². The number of hydrogen-bond acceptors (Lipinski definition) is 3. The molecule has 0 bridgehead atoms. The first-order chi connectivity index (χ1) is 9.56. The van der Waals surface area contributed by atoms with Crippen LogP contribution in [0.1, 0.15) is 30.0 Å². The van der Waals surface area contributed by atoms with E-state index in [-0.39, 0.29) is 18.0 Å². The van der Waals surface area contributed by atoms with Crippen LogP contribution in [-0.4, -0.2) is 17.6 Å². The van der Waals surface area contributed by atoms with Gasteiger partial charge >= 0.3 is 5.97 Å². The highest BCUT2D eigenvalue weighted by Gasteiger charge is 2.07. The Balaban J connectivity index is 0.00000220. The van der Waals surface area contributed by atoms with Gasteiger partial charge in [0.05, 0.1) is 12.1 Å². The van der Waals surface area contributed by atoms with Gasteiger partial charge in [-0.1, -0.05) is 26.0 Å². The Hall–Kier alpha value is -1.78. The van der Waals surface area contributed by atoms with Crippen molar-refractivity contribution in [1.29, 1.82) is 0 Å². The normalized spacial score (nSPS) is 10.4. The highest BCUT2D eigenvalue weighted by molar-refractivity contribution is 5.88. The second-order valence-electron chi connectivity index (χ2n) is 5.17. The number of carboxylic acid groups (broad SMARTS) is 1. The molecule has 0 aliphatic heterocycles.